The van der Waals surface area contributed by atoms with Crippen LogP contribution in [0.3, 0.4) is 0 Å². The second-order valence-corrected chi connectivity index (χ2v) is 2.76. The van der Waals surface area contributed by atoms with Crippen LogP contribution in [0.2, 0.25) is 0 Å². The van der Waals surface area contributed by atoms with Crippen molar-refractivity contribution in [1.82, 2.24) is 4.37 Å². The number of aromatic nitrogens is 1. The van der Waals surface area contributed by atoms with Gasteiger partial charge in [-0.3, -0.25) is 4.79 Å². The molecule has 0 fully saturated rings. The average molecular weight is 187 g/mol. The van der Waals surface area contributed by atoms with E-state index in [0.29, 0.717) is 11.7 Å². The van der Waals surface area contributed by atoms with Crippen molar-refractivity contribution in [3.63, 3.8) is 0 Å². The molecule has 0 aliphatic heterocycles. The number of carbonyl (C=O) groups excluding carboxylic acids is 1. The van der Waals surface area contributed by atoms with Crippen LogP contribution in [-0.4, -0.2) is 16.9 Å². The van der Waals surface area contributed by atoms with Gasteiger partial charge in [0.25, 0.3) is 5.91 Å². The molecule has 0 saturated carbocycles. The zero-order valence-electron chi connectivity index (χ0n) is 6.53. The van der Waals surface area contributed by atoms with E-state index in [2.05, 4.69) is 4.37 Å². The van der Waals surface area contributed by atoms with Gasteiger partial charge in [-0.05, 0) is 6.92 Å². The van der Waals surface area contributed by atoms with Gasteiger partial charge in [0.05, 0.1) is 6.61 Å². The minimum Gasteiger partial charge on any atom is -0.483 e. The fourth-order valence-electron chi connectivity index (χ4n) is 0.743. The van der Waals surface area contributed by atoms with Gasteiger partial charge in [-0.15, -0.1) is 0 Å². The van der Waals surface area contributed by atoms with Gasteiger partial charge in [0.15, 0.2) is 5.82 Å². The zero-order chi connectivity index (χ0) is 9.14. The Balaban J connectivity index is 3.04. The number of nitrogens with zero attached hydrogens (tertiary/aromatic N) is 1. The van der Waals surface area contributed by atoms with Crippen LogP contribution in [0.1, 0.15) is 17.3 Å². The first kappa shape index (κ1) is 8.79. The van der Waals surface area contributed by atoms with Crippen LogP contribution in [0.5, 0.6) is 5.06 Å². The first-order chi connectivity index (χ1) is 5.66. The highest BCUT2D eigenvalue weighted by atomic mass is 32.1. The molecule has 0 atom stereocenters. The van der Waals surface area contributed by atoms with Gasteiger partial charge in [0.1, 0.15) is 5.56 Å². The quantitative estimate of drug-likeness (QED) is 0.708. The monoisotopic (exact) mass is 187 g/mol. The van der Waals surface area contributed by atoms with Crippen LogP contribution >= 0.6 is 11.5 Å². The van der Waals surface area contributed by atoms with Crippen molar-refractivity contribution in [3.05, 3.63) is 5.56 Å². The predicted molar refractivity (Wildman–Crippen MR) is 46.2 cm³/mol. The maximum Gasteiger partial charge on any atom is 0.257 e. The van der Waals surface area contributed by atoms with Crippen molar-refractivity contribution in [2.24, 2.45) is 5.73 Å². The highest BCUT2D eigenvalue weighted by Gasteiger charge is 2.17. The Morgan fingerprint density at radius 2 is 2.42 bits per heavy atom. The van der Waals surface area contributed by atoms with Crippen LogP contribution < -0.4 is 16.2 Å². The molecule has 0 aliphatic carbocycles. The zero-order valence-corrected chi connectivity index (χ0v) is 7.35. The molecule has 0 aliphatic rings. The number of rotatable bonds is 3. The number of carbonyl (C=O) groups is 1. The normalized spacial score (nSPS) is 9.75. The smallest absolute Gasteiger partial charge is 0.257 e. The Morgan fingerprint density at radius 1 is 1.75 bits per heavy atom. The summed E-state index contributed by atoms with van der Waals surface area (Å²) in [6, 6.07) is 0. The maximum absolute atomic E-state index is 10.8. The van der Waals surface area contributed by atoms with Gasteiger partial charge in [0, 0.05) is 11.5 Å². The molecule has 1 rings (SSSR count). The molecule has 0 saturated heterocycles. The molecule has 12 heavy (non-hydrogen) atoms. The molecule has 1 aromatic heterocycles. The summed E-state index contributed by atoms with van der Waals surface area (Å²) in [4.78, 5) is 10.8. The van der Waals surface area contributed by atoms with Gasteiger partial charge in [-0.1, -0.05) is 0 Å². The van der Waals surface area contributed by atoms with Crippen LogP contribution in [0.15, 0.2) is 0 Å². The van der Waals surface area contributed by atoms with Crippen LogP contribution in [-0.2, 0) is 0 Å². The lowest BCUT2D eigenvalue weighted by atomic mass is 10.3. The number of nitrogens with two attached hydrogens (primary N) is 2. The van der Waals surface area contributed by atoms with E-state index in [1.807, 2.05) is 0 Å². The molecule has 1 aromatic rings. The molecular formula is C6H9N3O2S. The highest BCUT2D eigenvalue weighted by Crippen LogP contribution is 2.28. The largest absolute Gasteiger partial charge is 0.483 e. The Kier molecular flexibility index (Phi) is 2.49. The molecule has 0 radical (unpaired) electrons. The summed E-state index contributed by atoms with van der Waals surface area (Å²) in [5.74, 6) is -0.472. The van der Waals surface area contributed by atoms with Gasteiger partial charge >= 0.3 is 0 Å². The van der Waals surface area contributed by atoms with Crippen molar-refractivity contribution < 1.29 is 9.53 Å². The number of amides is 1. The lowest BCUT2D eigenvalue weighted by Crippen LogP contribution is -2.13. The fraction of sp³-hybridized carbons (Fsp3) is 0.333. The molecular weight excluding hydrogens is 178 g/mol. The SMILES string of the molecule is CCOc1snc(N)c1C(N)=O. The number of hydrogen-bond acceptors (Lipinski definition) is 5. The number of primary amides is 1. The summed E-state index contributed by atoms with van der Waals surface area (Å²) >= 11 is 1.03. The van der Waals surface area contributed by atoms with Crippen LogP contribution in [0.4, 0.5) is 5.82 Å². The Labute approximate surface area is 73.5 Å². The summed E-state index contributed by atoms with van der Waals surface area (Å²) in [6.45, 7) is 2.27. The number of nitrogen functional groups attached to an aromatic ring is 1. The molecule has 0 bridgehead atoms. The lowest BCUT2D eigenvalue weighted by Gasteiger charge is -1.99. The van der Waals surface area contributed by atoms with E-state index in [1.165, 1.54) is 0 Å². The van der Waals surface area contributed by atoms with Gasteiger partial charge in [0.2, 0.25) is 5.06 Å². The summed E-state index contributed by atoms with van der Waals surface area (Å²) in [7, 11) is 0. The summed E-state index contributed by atoms with van der Waals surface area (Å²) in [5.41, 5.74) is 10.6. The van der Waals surface area contributed by atoms with E-state index in [9.17, 15) is 4.79 Å². The van der Waals surface area contributed by atoms with Gasteiger partial charge < -0.3 is 16.2 Å². The Morgan fingerprint density at radius 3 is 2.92 bits per heavy atom. The summed E-state index contributed by atoms with van der Waals surface area (Å²) in [6.07, 6.45) is 0. The second-order valence-electron chi connectivity index (χ2n) is 2.03. The maximum atomic E-state index is 10.8. The van der Waals surface area contributed by atoms with Crippen molar-refractivity contribution in [3.8, 4) is 5.06 Å². The minimum atomic E-state index is -0.607. The third-order valence-electron chi connectivity index (χ3n) is 1.21. The molecule has 4 N–H and O–H groups in total. The Hall–Kier alpha value is -1.30. The van der Waals surface area contributed by atoms with Crippen LogP contribution in [0, 0.1) is 0 Å². The van der Waals surface area contributed by atoms with E-state index < -0.39 is 5.91 Å². The van der Waals surface area contributed by atoms with E-state index in [0.717, 1.165) is 11.5 Å². The molecule has 0 spiro atoms. The Bertz CT molecular complexity index is 297. The van der Waals surface area contributed by atoms with Crippen molar-refractivity contribution in [2.75, 3.05) is 12.3 Å². The minimum absolute atomic E-state index is 0.135. The molecule has 6 heteroatoms. The first-order valence-corrected chi connectivity index (χ1v) is 4.12. The van der Waals surface area contributed by atoms with Crippen LogP contribution in [0.25, 0.3) is 0 Å². The molecule has 0 aromatic carbocycles. The predicted octanol–water partition coefficient (Wildman–Crippen LogP) is 0.223. The van der Waals surface area contributed by atoms with Gasteiger partial charge in [-0.25, -0.2) is 0 Å². The number of ether oxygens (including phenoxy) is 1. The molecule has 0 unspecified atom stereocenters. The number of anilines is 1. The third kappa shape index (κ3) is 1.48. The van der Waals surface area contributed by atoms with E-state index in [-0.39, 0.29) is 11.4 Å². The molecule has 1 heterocycles. The summed E-state index contributed by atoms with van der Waals surface area (Å²) in [5, 5.41) is 0.391. The van der Waals surface area contributed by atoms with E-state index in [1.54, 1.807) is 6.92 Å². The van der Waals surface area contributed by atoms with E-state index in [4.69, 9.17) is 16.2 Å². The molecule has 5 nitrogen and oxygen atoms in total. The topological polar surface area (TPSA) is 91.2 Å². The standard InChI is InChI=1S/C6H9N3O2S/c1-2-11-6-3(5(8)10)4(7)9-12-6/h2H2,1H3,(H2,7,9)(H2,8,10). The highest BCUT2D eigenvalue weighted by molar-refractivity contribution is 7.08. The summed E-state index contributed by atoms with van der Waals surface area (Å²) < 4.78 is 8.84. The van der Waals surface area contributed by atoms with Crippen molar-refractivity contribution in [2.45, 2.75) is 6.92 Å². The lowest BCUT2D eigenvalue weighted by molar-refractivity contribution is 0.0998. The van der Waals surface area contributed by atoms with Gasteiger partial charge in [-0.2, -0.15) is 4.37 Å². The van der Waals surface area contributed by atoms with Crippen molar-refractivity contribution >= 4 is 23.3 Å². The molecule has 1 amide bonds. The fourth-order valence-corrected chi connectivity index (χ4v) is 1.48. The first-order valence-electron chi connectivity index (χ1n) is 3.34. The molecule has 66 valence electrons. The third-order valence-corrected chi connectivity index (χ3v) is 1.98. The van der Waals surface area contributed by atoms with E-state index >= 15 is 0 Å². The average Bonchev–Trinajstić information content (AvgIpc) is 2.32. The second kappa shape index (κ2) is 3.40. The van der Waals surface area contributed by atoms with Crippen molar-refractivity contribution in [1.29, 1.82) is 0 Å². The number of hydrogen-bond donors (Lipinski definition) is 2.